The Balaban J connectivity index is 2.77. The first kappa shape index (κ1) is 7.59. The van der Waals surface area contributed by atoms with E-state index in [9.17, 15) is 9.59 Å². The van der Waals surface area contributed by atoms with Crippen LogP contribution in [0.25, 0.3) is 0 Å². The molecule has 0 radical (unpaired) electrons. The summed E-state index contributed by atoms with van der Waals surface area (Å²) >= 11 is 0. The summed E-state index contributed by atoms with van der Waals surface area (Å²) in [4.78, 5) is 22.5. The minimum absolute atomic E-state index is 0.253. The summed E-state index contributed by atoms with van der Waals surface area (Å²) in [5.41, 5.74) is 0.266. The second-order valence-corrected chi connectivity index (χ2v) is 2.00. The van der Waals surface area contributed by atoms with Crippen molar-refractivity contribution in [3.63, 3.8) is 0 Å². The van der Waals surface area contributed by atoms with Crippen LogP contribution in [0.5, 0.6) is 5.95 Å². The number of aromatic nitrogens is 1. The molecule has 1 heterocycles. The number of hydrogen-bond acceptors (Lipinski definition) is 4. The van der Waals surface area contributed by atoms with Crippen LogP contribution >= 0.6 is 0 Å². The summed E-state index contributed by atoms with van der Waals surface area (Å²) in [7, 11) is 0. The molecule has 0 aromatic carbocycles. The zero-order valence-electron chi connectivity index (χ0n) is 5.66. The van der Waals surface area contributed by atoms with Crippen LogP contribution < -0.4 is 5.76 Å². The summed E-state index contributed by atoms with van der Waals surface area (Å²) in [5, 5.41) is 8.84. The highest BCUT2D eigenvalue weighted by Crippen LogP contribution is 2.11. The molecule has 1 aromatic rings. The normalized spacial score (nSPS) is 9.82. The van der Waals surface area contributed by atoms with Gasteiger partial charge in [0.1, 0.15) is 12.0 Å². The average molecular weight is 157 g/mol. The van der Waals surface area contributed by atoms with Crippen molar-refractivity contribution in [1.82, 2.24) is 4.98 Å². The minimum Gasteiger partial charge on any atom is -0.479 e. The number of H-pyrrole nitrogens is 1. The van der Waals surface area contributed by atoms with Crippen molar-refractivity contribution in [1.29, 1.82) is 0 Å². The van der Waals surface area contributed by atoms with Crippen molar-refractivity contribution in [2.45, 2.75) is 12.8 Å². The fourth-order valence-corrected chi connectivity index (χ4v) is 0.724. The molecule has 0 aliphatic carbocycles. The van der Waals surface area contributed by atoms with Gasteiger partial charge in [-0.1, -0.05) is 0 Å². The van der Waals surface area contributed by atoms with Crippen LogP contribution in [0, 0.1) is 0 Å². The number of rotatable bonds is 3. The number of carbonyl (C=O) groups excluding carboxylic acids is 1. The van der Waals surface area contributed by atoms with Gasteiger partial charge in [-0.2, -0.15) is 0 Å². The number of aromatic hydroxyl groups is 1. The maximum Gasteiger partial charge on any atom is 0.419 e. The number of hydrogen-bond donors (Lipinski definition) is 2. The van der Waals surface area contributed by atoms with Crippen LogP contribution in [-0.2, 0) is 11.2 Å². The minimum atomic E-state index is -0.705. The molecule has 0 aliphatic heterocycles. The lowest BCUT2D eigenvalue weighted by Gasteiger charge is -1.88. The van der Waals surface area contributed by atoms with Gasteiger partial charge in [0.05, 0.1) is 0 Å². The van der Waals surface area contributed by atoms with Gasteiger partial charge in [0.2, 0.25) is 0 Å². The van der Waals surface area contributed by atoms with Gasteiger partial charge in [0, 0.05) is 12.8 Å². The Morgan fingerprint density at radius 1 is 1.64 bits per heavy atom. The monoisotopic (exact) mass is 157 g/mol. The number of oxazole rings is 1. The van der Waals surface area contributed by atoms with Gasteiger partial charge in [-0.15, -0.1) is 0 Å². The van der Waals surface area contributed by atoms with Crippen molar-refractivity contribution in [3.8, 4) is 5.95 Å². The van der Waals surface area contributed by atoms with Gasteiger partial charge in [-0.25, -0.2) is 4.79 Å². The van der Waals surface area contributed by atoms with Crippen LogP contribution in [0.2, 0.25) is 0 Å². The number of aryl methyl sites for hydroxylation is 1. The molecule has 11 heavy (non-hydrogen) atoms. The zero-order chi connectivity index (χ0) is 8.27. The lowest BCUT2D eigenvalue weighted by molar-refractivity contribution is -0.107. The second-order valence-electron chi connectivity index (χ2n) is 2.00. The Labute approximate surface area is 61.7 Å². The van der Waals surface area contributed by atoms with Crippen LogP contribution in [-0.4, -0.2) is 16.4 Å². The topological polar surface area (TPSA) is 83.3 Å². The number of nitrogens with one attached hydrogen (secondary N) is 1. The number of aldehydes is 1. The maximum atomic E-state index is 10.4. The van der Waals surface area contributed by atoms with Gasteiger partial charge in [0.15, 0.2) is 0 Å². The van der Waals surface area contributed by atoms with Crippen LogP contribution in [0.15, 0.2) is 9.21 Å². The van der Waals surface area contributed by atoms with Crippen molar-refractivity contribution in [3.05, 3.63) is 16.2 Å². The Bertz CT molecular complexity index is 298. The molecular weight excluding hydrogens is 150 g/mol. The van der Waals surface area contributed by atoms with E-state index in [1.54, 1.807) is 0 Å². The zero-order valence-corrected chi connectivity index (χ0v) is 5.66. The summed E-state index contributed by atoms with van der Waals surface area (Å²) in [5.74, 6) is -1.14. The molecule has 5 nitrogen and oxygen atoms in total. The predicted molar refractivity (Wildman–Crippen MR) is 35.4 cm³/mol. The van der Waals surface area contributed by atoms with E-state index in [0.29, 0.717) is 12.7 Å². The highest BCUT2D eigenvalue weighted by Gasteiger charge is 2.06. The SMILES string of the molecule is O=CCCc1[nH]c(=O)oc1O. The van der Waals surface area contributed by atoms with E-state index in [-0.39, 0.29) is 12.1 Å². The molecule has 0 spiro atoms. The second kappa shape index (κ2) is 3.05. The maximum absolute atomic E-state index is 10.4. The molecule has 0 amide bonds. The van der Waals surface area contributed by atoms with Crippen molar-refractivity contribution in [2.24, 2.45) is 0 Å². The molecule has 1 rings (SSSR count). The first-order valence-electron chi connectivity index (χ1n) is 3.08. The van der Waals surface area contributed by atoms with E-state index in [0.717, 1.165) is 0 Å². The third-order valence-corrected chi connectivity index (χ3v) is 1.21. The molecule has 5 heteroatoms. The van der Waals surface area contributed by atoms with Gasteiger partial charge in [0.25, 0.3) is 0 Å². The lowest BCUT2D eigenvalue weighted by Crippen LogP contribution is -1.97. The highest BCUT2D eigenvalue weighted by atomic mass is 16.5. The molecule has 0 bridgehead atoms. The number of aromatic amines is 1. The largest absolute Gasteiger partial charge is 0.479 e. The van der Waals surface area contributed by atoms with E-state index in [1.807, 2.05) is 0 Å². The Kier molecular flexibility index (Phi) is 2.10. The molecule has 60 valence electrons. The summed E-state index contributed by atoms with van der Waals surface area (Å²) in [6.45, 7) is 0. The van der Waals surface area contributed by atoms with Gasteiger partial charge in [-0.05, 0) is 0 Å². The average Bonchev–Trinajstić information content (AvgIpc) is 2.26. The van der Waals surface area contributed by atoms with Crippen LogP contribution in [0.4, 0.5) is 0 Å². The molecule has 0 fully saturated rings. The molecule has 0 unspecified atom stereocenters. The van der Waals surface area contributed by atoms with Gasteiger partial charge >= 0.3 is 11.7 Å². The molecular formula is C6H7NO4. The quantitative estimate of drug-likeness (QED) is 0.595. The van der Waals surface area contributed by atoms with Gasteiger partial charge < -0.3 is 14.3 Å². The molecule has 0 atom stereocenters. The first-order chi connectivity index (χ1) is 5.24. The Morgan fingerprint density at radius 2 is 2.36 bits per heavy atom. The van der Waals surface area contributed by atoms with Crippen molar-refractivity contribution < 1.29 is 14.3 Å². The summed E-state index contributed by atoms with van der Waals surface area (Å²) < 4.78 is 4.24. The Morgan fingerprint density at radius 3 is 2.82 bits per heavy atom. The molecule has 0 aliphatic rings. The molecule has 1 aromatic heterocycles. The number of carbonyl (C=O) groups is 1. The predicted octanol–water partition coefficient (Wildman–Crippen LogP) is -0.195. The van der Waals surface area contributed by atoms with Crippen LogP contribution in [0.1, 0.15) is 12.1 Å². The first-order valence-corrected chi connectivity index (χ1v) is 3.08. The van der Waals surface area contributed by atoms with E-state index < -0.39 is 11.7 Å². The van der Waals surface area contributed by atoms with E-state index in [1.165, 1.54) is 0 Å². The fraction of sp³-hybridized carbons (Fsp3) is 0.333. The summed E-state index contributed by atoms with van der Waals surface area (Å²) in [6, 6.07) is 0. The molecule has 0 saturated heterocycles. The highest BCUT2D eigenvalue weighted by molar-refractivity contribution is 5.49. The third kappa shape index (κ3) is 1.70. The van der Waals surface area contributed by atoms with E-state index in [4.69, 9.17) is 5.11 Å². The molecule has 2 N–H and O–H groups in total. The van der Waals surface area contributed by atoms with Gasteiger partial charge in [-0.3, -0.25) is 4.98 Å². The fourth-order valence-electron chi connectivity index (χ4n) is 0.724. The van der Waals surface area contributed by atoms with Crippen LogP contribution in [0.3, 0.4) is 0 Å². The molecule has 0 saturated carbocycles. The summed E-state index contributed by atoms with van der Waals surface area (Å²) in [6.07, 6.45) is 1.24. The smallest absolute Gasteiger partial charge is 0.419 e. The van der Waals surface area contributed by atoms with Crippen molar-refractivity contribution >= 4 is 6.29 Å². The van der Waals surface area contributed by atoms with E-state index >= 15 is 0 Å². The third-order valence-electron chi connectivity index (χ3n) is 1.21. The standard InChI is InChI=1S/C6H7NO4/c8-3-1-2-4-5(9)11-6(10)7-4/h3,9H,1-2H2,(H,7,10). The van der Waals surface area contributed by atoms with E-state index in [2.05, 4.69) is 9.40 Å². The lowest BCUT2D eigenvalue weighted by atomic mass is 10.3. The van der Waals surface area contributed by atoms with Crippen molar-refractivity contribution in [2.75, 3.05) is 0 Å². The Hall–Kier alpha value is -1.52.